The maximum Gasteiger partial charge on any atom is 0.137 e. The number of aryl methyl sites for hydroxylation is 1. The van der Waals surface area contributed by atoms with Gasteiger partial charge in [-0.2, -0.15) is 0 Å². The Morgan fingerprint density at radius 2 is 1.90 bits per heavy atom. The van der Waals surface area contributed by atoms with E-state index < -0.39 is 0 Å². The molecule has 0 bridgehead atoms. The zero-order valence-electron chi connectivity index (χ0n) is 11.5. The Balaban J connectivity index is 2.00. The van der Waals surface area contributed by atoms with Gasteiger partial charge in [-0.25, -0.2) is 9.97 Å². The number of rotatable bonds is 2. The Kier molecular flexibility index (Phi) is 2.82. The fourth-order valence-corrected chi connectivity index (χ4v) is 3.54. The van der Waals surface area contributed by atoms with Gasteiger partial charge in [-0.15, -0.1) is 11.3 Å². The number of aromatic amines is 1. The number of thiazole rings is 1. The molecule has 4 rings (SSSR count). The topological polar surface area (TPSA) is 41.6 Å². The van der Waals surface area contributed by atoms with Crippen LogP contribution in [-0.4, -0.2) is 15.0 Å². The Morgan fingerprint density at radius 1 is 1.05 bits per heavy atom. The number of hydrogen-bond donors (Lipinski definition) is 1. The summed E-state index contributed by atoms with van der Waals surface area (Å²) < 4.78 is 0. The summed E-state index contributed by atoms with van der Waals surface area (Å²) in [5, 5.41) is 2.21. The van der Waals surface area contributed by atoms with E-state index in [0.29, 0.717) is 0 Å². The number of aromatic nitrogens is 3. The number of fused-ring (bicyclic) bond motifs is 1. The standard InChI is InChI=1S/C17H13N3S/c1-11-20-15(12-5-3-2-4-6-12)16(21-11)13-7-9-18-17-14(13)8-10-19-17/h2-10H,1H3,(H,18,19). The van der Waals surface area contributed by atoms with Crippen molar-refractivity contribution < 1.29 is 0 Å². The largest absolute Gasteiger partial charge is 0.346 e. The molecule has 1 aromatic carbocycles. The average Bonchev–Trinajstić information content (AvgIpc) is 3.14. The molecule has 0 aliphatic heterocycles. The number of benzene rings is 1. The minimum atomic E-state index is 0.914. The molecule has 0 aliphatic carbocycles. The second-order valence-electron chi connectivity index (χ2n) is 4.88. The molecule has 0 saturated heterocycles. The van der Waals surface area contributed by atoms with Gasteiger partial charge in [0.05, 0.1) is 15.6 Å². The van der Waals surface area contributed by atoms with Gasteiger partial charge in [0.1, 0.15) is 5.65 Å². The van der Waals surface area contributed by atoms with Gasteiger partial charge in [-0.3, -0.25) is 0 Å². The predicted octanol–water partition coefficient (Wildman–Crippen LogP) is 4.66. The van der Waals surface area contributed by atoms with Gasteiger partial charge >= 0.3 is 0 Å². The van der Waals surface area contributed by atoms with E-state index in [-0.39, 0.29) is 0 Å². The lowest BCUT2D eigenvalue weighted by molar-refractivity contribution is 1.30. The third-order valence-electron chi connectivity index (χ3n) is 3.49. The van der Waals surface area contributed by atoms with Crippen molar-refractivity contribution in [2.24, 2.45) is 0 Å². The number of nitrogens with zero attached hydrogens (tertiary/aromatic N) is 2. The van der Waals surface area contributed by atoms with Crippen molar-refractivity contribution in [2.75, 3.05) is 0 Å². The predicted molar refractivity (Wildman–Crippen MR) is 87.4 cm³/mol. The van der Waals surface area contributed by atoms with Gasteiger partial charge in [0.2, 0.25) is 0 Å². The van der Waals surface area contributed by atoms with Gasteiger partial charge in [0.15, 0.2) is 0 Å². The minimum Gasteiger partial charge on any atom is -0.346 e. The molecule has 0 aliphatic rings. The Bertz CT molecular complexity index is 906. The van der Waals surface area contributed by atoms with E-state index in [4.69, 9.17) is 4.98 Å². The smallest absolute Gasteiger partial charge is 0.137 e. The van der Waals surface area contributed by atoms with Crippen molar-refractivity contribution in [3.63, 3.8) is 0 Å². The van der Waals surface area contributed by atoms with Crippen LogP contribution in [0.4, 0.5) is 0 Å². The molecule has 102 valence electrons. The van der Waals surface area contributed by atoms with Gasteiger partial charge in [-0.1, -0.05) is 30.3 Å². The fourth-order valence-electron chi connectivity index (χ4n) is 2.56. The van der Waals surface area contributed by atoms with Crippen LogP contribution < -0.4 is 0 Å². The lowest BCUT2D eigenvalue weighted by Crippen LogP contribution is -1.84. The summed E-state index contributed by atoms with van der Waals surface area (Å²) >= 11 is 1.73. The highest BCUT2D eigenvalue weighted by Crippen LogP contribution is 2.39. The summed E-state index contributed by atoms with van der Waals surface area (Å²) in [5.41, 5.74) is 4.30. The maximum atomic E-state index is 4.74. The Morgan fingerprint density at radius 3 is 2.76 bits per heavy atom. The Labute approximate surface area is 126 Å². The van der Waals surface area contributed by atoms with E-state index in [1.807, 2.05) is 30.6 Å². The van der Waals surface area contributed by atoms with Crippen LogP contribution in [0.5, 0.6) is 0 Å². The van der Waals surface area contributed by atoms with Crippen LogP contribution in [0.3, 0.4) is 0 Å². The van der Waals surface area contributed by atoms with Crippen molar-refractivity contribution >= 4 is 22.4 Å². The van der Waals surface area contributed by atoms with Gasteiger partial charge in [-0.05, 0) is 19.1 Å². The average molecular weight is 291 g/mol. The van der Waals surface area contributed by atoms with Crippen LogP contribution in [-0.2, 0) is 0 Å². The molecule has 0 unspecified atom stereocenters. The molecular weight excluding hydrogens is 278 g/mol. The molecule has 3 nitrogen and oxygen atoms in total. The van der Waals surface area contributed by atoms with E-state index in [1.165, 1.54) is 10.4 Å². The quantitative estimate of drug-likeness (QED) is 0.583. The molecule has 0 saturated carbocycles. The van der Waals surface area contributed by atoms with Crippen LogP contribution >= 0.6 is 11.3 Å². The first-order chi connectivity index (χ1) is 10.3. The van der Waals surface area contributed by atoms with Crippen LogP contribution in [0.1, 0.15) is 5.01 Å². The monoisotopic (exact) mass is 291 g/mol. The van der Waals surface area contributed by atoms with Crippen molar-refractivity contribution in [1.29, 1.82) is 0 Å². The first kappa shape index (κ1) is 12.3. The molecule has 21 heavy (non-hydrogen) atoms. The maximum absolute atomic E-state index is 4.74. The SMILES string of the molecule is Cc1nc(-c2ccccc2)c(-c2ccnc3[nH]ccc23)s1. The number of H-pyrrole nitrogens is 1. The third kappa shape index (κ3) is 2.04. The summed E-state index contributed by atoms with van der Waals surface area (Å²) in [6, 6.07) is 14.5. The molecule has 4 aromatic rings. The molecule has 4 heteroatoms. The molecule has 3 heterocycles. The van der Waals surface area contributed by atoms with Crippen molar-refractivity contribution in [3.05, 3.63) is 59.9 Å². The van der Waals surface area contributed by atoms with Crippen LogP contribution in [0.15, 0.2) is 54.9 Å². The minimum absolute atomic E-state index is 0.914. The lowest BCUT2D eigenvalue weighted by Gasteiger charge is -2.04. The van der Waals surface area contributed by atoms with Gasteiger partial charge in [0.25, 0.3) is 0 Å². The molecule has 0 amide bonds. The molecule has 1 N–H and O–H groups in total. The molecule has 0 radical (unpaired) electrons. The van der Waals surface area contributed by atoms with E-state index in [1.54, 1.807) is 11.3 Å². The number of pyridine rings is 1. The second-order valence-corrected chi connectivity index (χ2v) is 6.08. The highest BCUT2D eigenvalue weighted by Gasteiger charge is 2.15. The van der Waals surface area contributed by atoms with Crippen LogP contribution in [0, 0.1) is 6.92 Å². The normalized spacial score (nSPS) is 11.1. The van der Waals surface area contributed by atoms with Crippen molar-refractivity contribution in [2.45, 2.75) is 6.92 Å². The van der Waals surface area contributed by atoms with Crippen LogP contribution in [0.25, 0.3) is 32.7 Å². The van der Waals surface area contributed by atoms with Crippen LogP contribution in [0.2, 0.25) is 0 Å². The van der Waals surface area contributed by atoms with E-state index in [0.717, 1.165) is 27.3 Å². The van der Waals surface area contributed by atoms with Gasteiger partial charge in [0, 0.05) is 28.9 Å². The first-order valence-electron chi connectivity index (χ1n) is 6.78. The van der Waals surface area contributed by atoms with Crippen molar-refractivity contribution in [1.82, 2.24) is 15.0 Å². The summed E-state index contributed by atoms with van der Waals surface area (Å²) in [6.45, 7) is 2.05. The third-order valence-corrected chi connectivity index (χ3v) is 4.49. The summed E-state index contributed by atoms with van der Waals surface area (Å²) in [6.07, 6.45) is 3.77. The summed E-state index contributed by atoms with van der Waals surface area (Å²) in [5.74, 6) is 0. The summed E-state index contributed by atoms with van der Waals surface area (Å²) in [7, 11) is 0. The van der Waals surface area contributed by atoms with Gasteiger partial charge < -0.3 is 4.98 Å². The lowest BCUT2D eigenvalue weighted by atomic mass is 10.1. The number of hydrogen-bond acceptors (Lipinski definition) is 3. The summed E-state index contributed by atoms with van der Waals surface area (Å²) in [4.78, 5) is 13.5. The molecule has 3 aromatic heterocycles. The number of nitrogens with one attached hydrogen (secondary N) is 1. The molecule has 0 fully saturated rings. The Hall–Kier alpha value is -2.46. The zero-order chi connectivity index (χ0) is 14.2. The zero-order valence-corrected chi connectivity index (χ0v) is 12.3. The first-order valence-corrected chi connectivity index (χ1v) is 7.60. The van der Waals surface area contributed by atoms with E-state index in [2.05, 4.69) is 41.2 Å². The van der Waals surface area contributed by atoms with E-state index in [9.17, 15) is 0 Å². The van der Waals surface area contributed by atoms with Crippen molar-refractivity contribution in [3.8, 4) is 21.7 Å². The van der Waals surface area contributed by atoms with E-state index >= 15 is 0 Å². The molecular formula is C17H13N3S. The fraction of sp³-hybridized carbons (Fsp3) is 0.0588. The second kappa shape index (κ2) is 4.82. The molecule has 0 spiro atoms. The highest BCUT2D eigenvalue weighted by atomic mass is 32.1. The molecule has 0 atom stereocenters. The highest BCUT2D eigenvalue weighted by molar-refractivity contribution is 7.15.